The van der Waals surface area contributed by atoms with Crippen molar-refractivity contribution in [2.45, 2.75) is 19.6 Å². The Hall–Kier alpha value is -4.50. The number of hydrogen-bond acceptors (Lipinski definition) is 6. The largest absolute Gasteiger partial charge is 0.489 e. The van der Waals surface area contributed by atoms with E-state index >= 15 is 0 Å². The van der Waals surface area contributed by atoms with Gasteiger partial charge in [0, 0.05) is 41.9 Å². The van der Waals surface area contributed by atoms with Crippen LogP contribution in [0.5, 0.6) is 5.75 Å². The maximum absolute atomic E-state index is 13.0. The standard InChI is InChI=1S/C26H23N5O4/c27-11-4-12-30-15-21(25-26(32)29-23-13-18(31(33)34)7-10-22(23)28-25)20-9-8-19(14-24(20)30)35-16-17-5-2-1-3-6-17/h1-3,5-10,13-15H,4,11-12,16,27H2,(H,29,32). The van der Waals surface area contributed by atoms with Gasteiger partial charge in [-0.15, -0.1) is 0 Å². The second-order valence-electron chi connectivity index (χ2n) is 8.20. The Morgan fingerprint density at radius 1 is 1.09 bits per heavy atom. The van der Waals surface area contributed by atoms with E-state index in [4.69, 9.17) is 10.5 Å². The third-order valence-electron chi connectivity index (χ3n) is 5.85. The summed E-state index contributed by atoms with van der Waals surface area (Å²) < 4.78 is 8.06. The molecule has 9 heteroatoms. The molecule has 0 aliphatic heterocycles. The topological polar surface area (TPSA) is 129 Å². The third-order valence-corrected chi connectivity index (χ3v) is 5.85. The van der Waals surface area contributed by atoms with Gasteiger partial charge in [0.25, 0.3) is 11.2 Å². The molecule has 3 N–H and O–H groups in total. The maximum Gasteiger partial charge on any atom is 0.275 e. The van der Waals surface area contributed by atoms with Gasteiger partial charge < -0.3 is 20.0 Å². The lowest BCUT2D eigenvalue weighted by molar-refractivity contribution is -0.384. The molecule has 0 fully saturated rings. The minimum absolute atomic E-state index is 0.107. The fourth-order valence-electron chi connectivity index (χ4n) is 4.11. The molecule has 5 aromatic rings. The Balaban J connectivity index is 1.57. The molecular weight excluding hydrogens is 446 g/mol. The molecule has 0 unspecified atom stereocenters. The molecule has 0 saturated carbocycles. The molecule has 0 spiro atoms. The summed E-state index contributed by atoms with van der Waals surface area (Å²) in [4.78, 5) is 30.8. The van der Waals surface area contributed by atoms with Gasteiger partial charge in [0.15, 0.2) is 0 Å². The van der Waals surface area contributed by atoms with Crippen molar-refractivity contribution in [1.82, 2.24) is 14.5 Å². The van der Waals surface area contributed by atoms with Crippen LogP contribution in [0.4, 0.5) is 5.69 Å². The van der Waals surface area contributed by atoms with Crippen LogP contribution in [0, 0.1) is 10.1 Å². The molecule has 5 rings (SSSR count). The first-order valence-electron chi connectivity index (χ1n) is 11.2. The number of nitrogens with one attached hydrogen (secondary N) is 1. The van der Waals surface area contributed by atoms with Crippen LogP contribution >= 0.6 is 0 Å². The highest BCUT2D eigenvalue weighted by Crippen LogP contribution is 2.32. The summed E-state index contributed by atoms with van der Waals surface area (Å²) in [5.74, 6) is 0.715. The average Bonchev–Trinajstić information content (AvgIpc) is 3.23. The molecule has 0 amide bonds. The summed E-state index contributed by atoms with van der Waals surface area (Å²) in [6.07, 6.45) is 2.67. The zero-order chi connectivity index (χ0) is 24.4. The number of rotatable bonds is 8. The monoisotopic (exact) mass is 469 g/mol. The van der Waals surface area contributed by atoms with E-state index in [-0.39, 0.29) is 11.4 Å². The first-order chi connectivity index (χ1) is 17.0. The number of aromatic amines is 1. The summed E-state index contributed by atoms with van der Waals surface area (Å²) in [6, 6.07) is 19.9. The van der Waals surface area contributed by atoms with E-state index in [1.165, 1.54) is 18.2 Å². The van der Waals surface area contributed by atoms with Crippen molar-refractivity contribution < 1.29 is 9.66 Å². The van der Waals surface area contributed by atoms with Gasteiger partial charge in [-0.05, 0) is 36.7 Å². The Morgan fingerprint density at radius 3 is 2.69 bits per heavy atom. The van der Waals surface area contributed by atoms with Crippen LogP contribution in [0.15, 0.2) is 77.7 Å². The van der Waals surface area contributed by atoms with Crippen LogP contribution in [0.25, 0.3) is 33.2 Å². The Bertz CT molecular complexity index is 1590. The van der Waals surface area contributed by atoms with Crippen LogP contribution in [0.1, 0.15) is 12.0 Å². The van der Waals surface area contributed by atoms with Crippen molar-refractivity contribution in [2.24, 2.45) is 5.73 Å². The molecular formula is C26H23N5O4. The summed E-state index contributed by atoms with van der Waals surface area (Å²) >= 11 is 0. The van der Waals surface area contributed by atoms with Crippen LogP contribution in [0.2, 0.25) is 0 Å². The zero-order valence-corrected chi connectivity index (χ0v) is 18.8. The number of H-pyrrole nitrogens is 1. The smallest absolute Gasteiger partial charge is 0.275 e. The number of hydrogen-bond donors (Lipinski definition) is 2. The number of benzene rings is 3. The molecule has 0 saturated heterocycles. The summed E-state index contributed by atoms with van der Waals surface area (Å²) in [6.45, 7) is 1.65. The van der Waals surface area contributed by atoms with Gasteiger partial charge in [0.1, 0.15) is 18.1 Å². The molecule has 0 atom stereocenters. The van der Waals surface area contributed by atoms with Gasteiger partial charge in [0.2, 0.25) is 0 Å². The Labute approximate surface area is 199 Å². The van der Waals surface area contributed by atoms with Crippen LogP contribution < -0.4 is 16.0 Å². The number of aryl methyl sites for hydroxylation is 1. The van der Waals surface area contributed by atoms with E-state index < -0.39 is 10.5 Å². The van der Waals surface area contributed by atoms with E-state index in [0.29, 0.717) is 42.0 Å². The fraction of sp³-hybridized carbons (Fsp3) is 0.154. The molecule has 0 bridgehead atoms. The highest BCUT2D eigenvalue weighted by molar-refractivity contribution is 5.96. The normalized spacial score (nSPS) is 11.2. The highest BCUT2D eigenvalue weighted by atomic mass is 16.6. The molecule has 35 heavy (non-hydrogen) atoms. The number of nitrogens with two attached hydrogens (primary N) is 1. The van der Waals surface area contributed by atoms with Crippen molar-refractivity contribution in [3.8, 4) is 17.0 Å². The molecule has 2 aromatic heterocycles. The lowest BCUT2D eigenvalue weighted by Gasteiger charge is -2.08. The van der Waals surface area contributed by atoms with Crippen molar-refractivity contribution in [1.29, 1.82) is 0 Å². The van der Waals surface area contributed by atoms with Crippen LogP contribution in [0.3, 0.4) is 0 Å². The van der Waals surface area contributed by atoms with Crippen LogP contribution in [-0.2, 0) is 13.2 Å². The van der Waals surface area contributed by atoms with E-state index in [1.54, 1.807) is 0 Å². The molecule has 3 aromatic carbocycles. The SMILES string of the molecule is NCCCn1cc(-c2nc3ccc([N+](=O)[O-])cc3[nH]c2=O)c2ccc(OCc3ccccc3)cc21. The van der Waals surface area contributed by atoms with Gasteiger partial charge in [0.05, 0.1) is 21.5 Å². The van der Waals surface area contributed by atoms with E-state index in [2.05, 4.69) is 9.97 Å². The predicted octanol–water partition coefficient (Wildman–Crippen LogP) is 4.38. The Morgan fingerprint density at radius 2 is 1.91 bits per heavy atom. The van der Waals surface area contributed by atoms with Gasteiger partial charge in [-0.25, -0.2) is 4.98 Å². The van der Waals surface area contributed by atoms with E-state index in [0.717, 1.165) is 22.9 Å². The first kappa shape index (κ1) is 22.3. The van der Waals surface area contributed by atoms with Gasteiger partial charge >= 0.3 is 0 Å². The first-order valence-corrected chi connectivity index (χ1v) is 11.2. The molecule has 0 aliphatic rings. The summed E-state index contributed by atoms with van der Waals surface area (Å²) in [5, 5.41) is 11.9. The second-order valence-corrected chi connectivity index (χ2v) is 8.20. The van der Waals surface area contributed by atoms with Gasteiger partial charge in [-0.3, -0.25) is 14.9 Å². The van der Waals surface area contributed by atoms with Crippen molar-refractivity contribution >= 4 is 27.6 Å². The quantitative estimate of drug-likeness (QED) is 0.256. The van der Waals surface area contributed by atoms with Crippen LogP contribution in [-0.4, -0.2) is 26.0 Å². The van der Waals surface area contributed by atoms with Crippen molar-refractivity contribution in [3.05, 3.63) is 99.0 Å². The van der Waals surface area contributed by atoms with Crippen molar-refractivity contribution in [3.63, 3.8) is 0 Å². The number of nitro benzene ring substituents is 1. The van der Waals surface area contributed by atoms with E-state index in [1.807, 2.05) is 59.3 Å². The second kappa shape index (κ2) is 9.40. The summed E-state index contributed by atoms with van der Waals surface area (Å²) in [7, 11) is 0. The fourth-order valence-corrected chi connectivity index (χ4v) is 4.11. The highest BCUT2D eigenvalue weighted by Gasteiger charge is 2.17. The number of nitrogens with zero attached hydrogens (tertiary/aromatic N) is 3. The lowest BCUT2D eigenvalue weighted by Crippen LogP contribution is -2.11. The number of aromatic nitrogens is 3. The van der Waals surface area contributed by atoms with Gasteiger partial charge in [-0.2, -0.15) is 0 Å². The number of fused-ring (bicyclic) bond motifs is 2. The zero-order valence-electron chi connectivity index (χ0n) is 18.8. The summed E-state index contributed by atoms with van der Waals surface area (Å²) in [5.41, 5.74) is 8.91. The predicted molar refractivity (Wildman–Crippen MR) is 134 cm³/mol. The lowest BCUT2D eigenvalue weighted by atomic mass is 10.1. The number of ether oxygens (including phenoxy) is 1. The molecule has 0 aliphatic carbocycles. The molecule has 176 valence electrons. The van der Waals surface area contributed by atoms with Crippen molar-refractivity contribution in [2.75, 3.05) is 6.54 Å². The number of nitro groups is 1. The average molecular weight is 470 g/mol. The van der Waals surface area contributed by atoms with Gasteiger partial charge in [-0.1, -0.05) is 30.3 Å². The third kappa shape index (κ3) is 4.49. The minimum Gasteiger partial charge on any atom is -0.489 e. The van der Waals surface area contributed by atoms with E-state index in [9.17, 15) is 14.9 Å². The minimum atomic E-state index is -0.506. The maximum atomic E-state index is 13.0. The molecule has 0 radical (unpaired) electrons. The molecule has 9 nitrogen and oxygen atoms in total. The number of non-ortho nitro benzene ring substituents is 1. The molecule has 2 heterocycles. The Kier molecular flexibility index (Phi) is 5.99.